The topological polar surface area (TPSA) is 52.0 Å². The Kier molecular flexibility index (Phi) is 3.33. The lowest BCUT2D eigenvalue weighted by atomic mass is 10.2. The SMILES string of the molecule is Nc1cccc(Br)c1CSc1ncco1. The fourth-order valence-corrected chi connectivity index (χ4v) is 2.70. The molecule has 1 aromatic carbocycles. The summed E-state index contributed by atoms with van der Waals surface area (Å²) in [5.74, 6) is 0.744. The summed E-state index contributed by atoms with van der Waals surface area (Å²) < 4.78 is 6.15. The molecule has 1 aromatic heterocycles. The zero-order valence-corrected chi connectivity index (χ0v) is 10.2. The Bertz CT molecular complexity index is 424. The molecule has 0 spiro atoms. The first kappa shape index (κ1) is 10.6. The van der Waals surface area contributed by atoms with Gasteiger partial charge in [0.15, 0.2) is 0 Å². The lowest BCUT2D eigenvalue weighted by Gasteiger charge is -2.05. The van der Waals surface area contributed by atoms with Crippen molar-refractivity contribution in [2.24, 2.45) is 0 Å². The standard InChI is InChI=1S/C10H9BrN2OS/c11-8-2-1-3-9(12)7(8)6-15-10-13-4-5-14-10/h1-5H,6,12H2. The molecule has 2 N–H and O–H groups in total. The Labute approximate surface area is 100 Å². The molecule has 2 rings (SSSR count). The molecule has 0 saturated carbocycles. The molecule has 78 valence electrons. The molecule has 0 aliphatic carbocycles. The van der Waals surface area contributed by atoms with Gasteiger partial charge < -0.3 is 10.2 Å². The molecule has 0 unspecified atom stereocenters. The van der Waals surface area contributed by atoms with Crippen LogP contribution in [0.3, 0.4) is 0 Å². The van der Waals surface area contributed by atoms with E-state index in [0.29, 0.717) is 5.22 Å². The third-order valence-electron chi connectivity index (χ3n) is 1.90. The van der Waals surface area contributed by atoms with Gasteiger partial charge in [0.1, 0.15) is 6.26 Å². The van der Waals surface area contributed by atoms with Crippen LogP contribution in [-0.2, 0) is 5.75 Å². The Morgan fingerprint density at radius 2 is 2.33 bits per heavy atom. The molecule has 0 bridgehead atoms. The Hall–Kier alpha value is -0.940. The van der Waals surface area contributed by atoms with Crippen LogP contribution in [0.1, 0.15) is 5.56 Å². The minimum absolute atomic E-state index is 0.658. The van der Waals surface area contributed by atoms with Crippen LogP contribution >= 0.6 is 27.7 Å². The van der Waals surface area contributed by atoms with Crippen LogP contribution in [0.2, 0.25) is 0 Å². The number of thioether (sulfide) groups is 1. The lowest BCUT2D eigenvalue weighted by molar-refractivity contribution is 0.454. The fraction of sp³-hybridized carbons (Fsp3) is 0.100. The first-order valence-corrected chi connectivity index (χ1v) is 6.10. The van der Waals surface area contributed by atoms with Gasteiger partial charge in [-0.15, -0.1) is 0 Å². The van der Waals surface area contributed by atoms with Gasteiger partial charge in [0.2, 0.25) is 0 Å². The largest absolute Gasteiger partial charge is 0.440 e. The van der Waals surface area contributed by atoms with Crippen LogP contribution in [0.5, 0.6) is 0 Å². The summed E-state index contributed by atoms with van der Waals surface area (Å²) in [6.45, 7) is 0. The van der Waals surface area contributed by atoms with E-state index in [0.717, 1.165) is 21.5 Å². The Morgan fingerprint density at radius 3 is 3.00 bits per heavy atom. The van der Waals surface area contributed by atoms with Crippen molar-refractivity contribution in [1.82, 2.24) is 4.98 Å². The van der Waals surface area contributed by atoms with Gasteiger partial charge >= 0.3 is 0 Å². The third kappa shape index (κ3) is 2.54. The van der Waals surface area contributed by atoms with Crippen LogP contribution in [0.25, 0.3) is 0 Å². The molecule has 0 fully saturated rings. The van der Waals surface area contributed by atoms with Crippen molar-refractivity contribution < 1.29 is 4.42 Å². The molecule has 0 aliphatic rings. The number of oxazole rings is 1. The average Bonchev–Trinajstić information content (AvgIpc) is 2.70. The monoisotopic (exact) mass is 284 g/mol. The predicted octanol–water partition coefficient (Wildman–Crippen LogP) is 3.31. The van der Waals surface area contributed by atoms with E-state index in [4.69, 9.17) is 10.2 Å². The lowest BCUT2D eigenvalue weighted by Crippen LogP contribution is -1.93. The smallest absolute Gasteiger partial charge is 0.255 e. The van der Waals surface area contributed by atoms with Crippen LogP contribution in [-0.4, -0.2) is 4.98 Å². The second-order valence-corrected chi connectivity index (χ2v) is 4.68. The molecule has 0 amide bonds. The van der Waals surface area contributed by atoms with E-state index in [9.17, 15) is 0 Å². The Balaban J connectivity index is 2.11. The van der Waals surface area contributed by atoms with Gasteiger partial charge in [0, 0.05) is 15.9 Å². The summed E-state index contributed by atoms with van der Waals surface area (Å²) >= 11 is 4.99. The highest BCUT2D eigenvalue weighted by molar-refractivity contribution is 9.10. The molecular weight excluding hydrogens is 276 g/mol. The van der Waals surface area contributed by atoms with Crippen molar-refractivity contribution in [2.45, 2.75) is 11.0 Å². The van der Waals surface area contributed by atoms with E-state index < -0.39 is 0 Å². The summed E-state index contributed by atoms with van der Waals surface area (Å²) in [7, 11) is 0. The number of nitrogens with zero attached hydrogens (tertiary/aromatic N) is 1. The second-order valence-electron chi connectivity index (χ2n) is 2.89. The first-order valence-electron chi connectivity index (χ1n) is 4.32. The molecule has 1 heterocycles. The maximum atomic E-state index is 5.87. The highest BCUT2D eigenvalue weighted by Crippen LogP contribution is 2.29. The van der Waals surface area contributed by atoms with Crippen molar-refractivity contribution in [1.29, 1.82) is 0 Å². The number of hydrogen-bond donors (Lipinski definition) is 1. The number of aromatic nitrogens is 1. The molecule has 0 radical (unpaired) electrons. The van der Waals surface area contributed by atoms with Gasteiger partial charge in [0.05, 0.1) is 6.20 Å². The molecular formula is C10H9BrN2OS. The zero-order chi connectivity index (χ0) is 10.7. The molecule has 0 atom stereocenters. The number of benzene rings is 1. The van der Waals surface area contributed by atoms with Crippen LogP contribution in [0, 0.1) is 0 Å². The van der Waals surface area contributed by atoms with Gasteiger partial charge in [-0.25, -0.2) is 4.98 Å². The van der Waals surface area contributed by atoms with Crippen molar-refractivity contribution in [3.8, 4) is 0 Å². The van der Waals surface area contributed by atoms with Crippen molar-refractivity contribution in [2.75, 3.05) is 5.73 Å². The highest BCUT2D eigenvalue weighted by Gasteiger charge is 2.06. The van der Waals surface area contributed by atoms with E-state index in [1.54, 1.807) is 12.5 Å². The van der Waals surface area contributed by atoms with E-state index in [1.165, 1.54) is 11.8 Å². The maximum Gasteiger partial charge on any atom is 0.255 e. The van der Waals surface area contributed by atoms with Crippen LogP contribution in [0.4, 0.5) is 5.69 Å². The van der Waals surface area contributed by atoms with Gasteiger partial charge in [-0.05, 0) is 17.7 Å². The maximum absolute atomic E-state index is 5.87. The van der Waals surface area contributed by atoms with E-state index in [-0.39, 0.29) is 0 Å². The predicted molar refractivity (Wildman–Crippen MR) is 64.6 cm³/mol. The minimum atomic E-state index is 0.658. The summed E-state index contributed by atoms with van der Waals surface area (Å²) in [6, 6.07) is 5.77. The van der Waals surface area contributed by atoms with Gasteiger partial charge in [-0.1, -0.05) is 33.8 Å². The fourth-order valence-electron chi connectivity index (χ4n) is 1.14. The second kappa shape index (κ2) is 4.72. The first-order chi connectivity index (χ1) is 7.27. The third-order valence-corrected chi connectivity index (χ3v) is 3.53. The number of rotatable bonds is 3. The molecule has 15 heavy (non-hydrogen) atoms. The molecule has 2 aromatic rings. The number of hydrogen-bond acceptors (Lipinski definition) is 4. The van der Waals surface area contributed by atoms with Crippen LogP contribution in [0.15, 0.2) is 44.8 Å². The molecule has 3 nitrogen and oxygen atoms in total. The van der Waals surface area contributed by atoms with Crippen molar-refractivity contribution in [3.05, 3.63) is 40.7 Å². The summed E-state index contributed by atoms with van der Waals surface area (Å²) in [5.41, 5.74) is 7.72. The number of halogens is 1. The molecule has 0 aliphatic heterocycles. The number of nitrogen functional groups attached to an aromatic ring is 1. The molecule has 5 heteroatoms. The minimum Gasteiger partial charge on any atom is -0.440 e. The summed E-state index contributed by atoms with van der Waals surface area (Å²) in [6.07, 6.45) is 3.19. The normalized spacial score (nSPS) is 10.5. The zero-order valence-electron chi connectivity index (χ0n) is 7.81. The van der Waals surface area contributed by atoms with Crippen molar-refractivity contribution in [3.63, 3.8) is 0 Å². The van der Waals surface area contributed by atoms with Gasteiger partial charge in [-0.3, -0.25) is 0 Å². The van der Waals surface area contributed by atoms with Crippen LogP contribution < -0.4 is 5.73 Å². The van der Waals surface area contributed by atoms with Gasteiger partial charge in [0.25, 0.3) is 5.22 Å². The number of anilines is 1. The number of nitrogens with two attached hydrogens (primary N) is 1. The van der Waals surface area contributed by atoms with Gasteiger partial charge in [-0.2, -0.15) is 0 Å². The molecule has 0 saturated heterocycles. The van der Waals surface area contributed by atoms with E-state index >= 15 is 0 Å². The average molecular weight is 285 g/mol. The summed E-state index contributed by atoms with van der Waals surface area (Å²) in [4.78, 5) is 4.03. The van der Waals surface area contributed by atoms with Crippen molar-refractivity contribution >= 4 is 33.4 Å². The highest BCUT2D eigenvalue weighted by atomic mass is 79.9. The van der Waals surface area contributed by atoms with E-state index in [1.807, 2.05) is 18.2 Å². The van der Waals surface area contributed by atoms with E-state index in [2.05, 4.69) is 20.9 Å². The quantitative estimate of drug-likeness (QED) is 0.694. The summed E-state index contributed by atoms with van der Waals surface area (Å²) in [5, 5.41) is 0.658. The Morgan fingerprint density at radius 1 is 1.47 bits per heavy atom.